The average Bonchev–Trinajstić information content (AvgIpc) is 3.07. The molecule has 0 radical (unpaired) electrons. The van der Waals surface area contributed by atoms with E-state index in [1.54, 1.807) is 41.3 Å². The van der Waals surface area contributed by atoms with Crippen molar-refractivity contribution in [2.24, 2.45) is 0 Å². The van der Waals surface area contributed by atoms with Crippen LogP contribution < -0.4 is 10.2 Å². The third-order valence-electron chi connectivity index (χ3n) is 4.96. The van der Waals surface area contributed by atoms with Gasteiger partial charge < -0.3 is 10.2 Å². The zero-order valence-corrected chi connectivity index (χ0v) is 14.4. The molecule has 2 aromatic rings. The number of imide groups is 1. The van der Waals surface area contributed by atoms with Gasteiger partial charge in [-0.05, 0) is 37.6 Å². The molecule has 0 aliphatic carbocycles. The number of amides is 4. The summed E-state index contributed by atoms with van der Waals surface area (Å²) in [5.74, 6) is -0.546. The molecule has 0 aromatic heterocycles. The molecule has 2 aromatic carbocycles. The molecule has 4 amide bonds. The van der Waals surface area contributed by atoms with Gasteiger partial charge in [-0.15, -0.1) is 0 Å². The summed E-state index contributed by atoms with van der Waals surface area (Å²) in [5, 5.41) is 2.88. The van der Waals surface area contributed by atoms with Crippen LogP contribution in [0.1, 0.15) is 22.3 Å². The van der Waals surface area contributed by atoms with E-state index >= 15 is 0 Å². The number of nitrogens with one attached hydrogen (secondary N) is 1. The zero-order valence-electron chi connectivity index (χ0n) is 14.4. The average molecular weight is 349 g/mol. The largest absolute Gasteiger partial charge is 0.332 e. The van der Waals surface area contributed by atoms with Gasteiger partial charge in [0.15, 0.2) is 0 Å². The summed E-state index contributed by atoms with van der Waals surface area (Å²) >= 11 is 0. The maximum absolute atomic E-state index is 13.1. The second kappa shape index (κ2) is 6.29. The fraction of sp³-hybridized carbons (Fsp3) is 0.250. The summed E-state index contributed by atoms with van der Waals surface area (Å²) in [4.78, 5) is 41.2. The van der Waals surface area contributed by atoms with Gasteiger partial charge in [-0.2, -0.15) is 0 Å². The van der Waals surface area contributed by atoms with Crippen molar-refractivity contribution in [2.75, 3.05) is 11.4 Å². The van der Waals surface area contributed by atoms with Crippen molar-refractivity contribution in [3.8, 4) is 0 Å². The van der Waals surface area contributed by atoms with Crippen molar-refractivity contribution < 1.29 is 14.4 Å². The topological polar surface area (TPSA) is 69.7 Å². The number of hydrogen-bond acceptors (Lipinski definition) is 3. The molecule has 6 nitrogen and oxygen atoms in total. The normalized spacial score (nSPS) is 22.2. The SMILES string of the molecule is Cc1ccc(N2C(=O)N[C@@H]3CCN(C(=O)c4ccccc4)[C@@H]3C2=O)cc1. The Labute approximate surface area is 151 Å². The first kappa shape index (κ1) is 16.3. The molecule has 132 valence electrons. The number of anilines is 1. The fourth-order valence-corrected chi connectivity index (χ4v) is 3.62. The summed E-state index contributed by atoms with van der Waals surface area (Å²) < 4.78 is 0. The van der Waals surface area contributed by atoms with Gasteiger partial charge in [0.25, 0.3) is 11.8 Å². The molecular weight excluding hydrogens is 330 g/mol. The number of carbonyl (C=O) groups is 3. The van der Waals surface area contributed by atoms with Gasteiger partial charge in [-0.3, -0.25) is 9.59 Å². The number of aryl methyl sites for hydroxylation is 1. The molecule has 0 bridgehead atoms. The number of likely N-dealkylation sites (tertiary alicyclic amines) is 1. The lowest BCUT2D eigenvalue weighted by atomic mass is 10.0. The third kappa shape index (κ3) is 2.63. The predicted octanol–water partition coefficient (Wildman–Crippen LogP) is 2.33. The highest BCUT2D eigenvalue weighted by molar-refractivity contribution is 6.19. The Balaban J connectivity index is 1.65. The Kier molecular flexibility index (Phi) is 3.95. The van der Waals surface area contributed by atoms with Crippen LogP contribution in [0.15, 0.2) is 54.6 Å². The monoisotopic (exact) mass is 349 g/mol. The first-order valence-corrected chi connectivity index (χ1v) is 8.63. The van der Waals surface area contributed by atoms with Crippen LogP contribution in [0.5, 0.6) is 0 Å². The molecule has 1 N–H and O–H groups in total. The van der Waals surface area contributed by atoms with Crippen molar-refractivity contribution in [3.05, 3.63) is 65.7 Å². The second-order valence-corrected chi connectivity index (χ2v) is 6.66. The Morgan fingerprint density at radius 1 is 1.04 bits per heavy atom. The Morgan fingerprint density at radius 3 is 2.42 bits per heavy atom. The van der Waals surface area contributed by atoms with Crippen LogP contribution in [0.25, 0.3) is 0 Å². The van der Waals surface area contributed by atoms with E-state index in [9.17, 15) is 14.4 Å². The highest BCUT2D eigenvalue weighted by Crippen LogP contribution is 2.29. The number of carbonyl (C=O) groups excluding carboxylic acids is 3. The van der Waals surface area contributed by atoms with E-state index in [0.29, 0.717) is 24.2 Å². The fourth-order valence-electron chi connectivity index (χ4n) is 3.62. The summed E-state index contributed by atoms with van der Waals surface area (Å²) in [6.45, 7) is 2.38. The van der Waals surface area contributed by atoms with Gasteiger partial charge in [-0.1, -0.05) is 35.9 Å². The molecular formula is C20H19N3O3. The maximum Gasteiger partial charge on any atom is 0.329 e. The first-order valence-electron chi connectivity index (χ1n) is 8.63. The van der Waals surface area contributed by atoms with E-state index in [1.165, 1.54) is 0 Å². The van der Waals surface area contributed by atoms with Gasteiger partial charge in [0.05, 0.1) is 11.7 Å². The minimum absolute atomic E-state index is 0.188. The van der Waals surface area contributed by atoms with Crippen LogP contribution in [0.2, 0.25) is 0 Å². The third-order valence-corrected chi connectivity index (χ3v) is 4.96. The van der Waals surface area contributed by atoms with E-state index in [2.05, 4.69) is 5.32 Å². The smallest absolute Gasteiger partial charge is 0.329 e. The lowest BCUT2D eigenvalue weighted by molar-refractivity contribution is -0.122. The van der Waals surface area contributed by atoms with Crippen molar-refractivity contribution in [3.63, 3.8) is 0 Å². The molecule has 2 saturated heterocycles. The Bertz CT molecular complexity index is 864. The quantitative estimate of drug-likeness (QED) is 0.905. The van der Waals surface area contributed by atoms with Crippen LogP contribution in [-0.4, -0.2) is 41.4 Å². The predicted molar refractivity (Wildman–Crippen MR) is 96.9 cm³/mol. The van der Waals surface area contributed by atoms with Crippen molar-refractivity contribution >= 4 is 23.5 Å². The molecule has 6 heteroatoms. The van der Waals surface area contributed by atoms with Gasteiger partial charge in [-0.25, -0.2) is 9.69 Å². The minimum Gasteiger partial charge on any atom is -0.332 e. The van der Waals surface area contributed by atoms with Crippen molar-refractivity contribution in [1.29, 1.82) is 0 Å². The molecule has 2 heterocycles. The van der Waals surface area contributed by atoms with Gasteiger partial charge >= 0.3 is 6.03 Å². The highest BCUT2D eigenvalue weighted by Gasteiger charge is 2.49. The minimum atomic E-state index is -0.679. The summed E-state index contributed by atoms with van der Waals surface area (Å²) in [7, 11) is 0. The van der Waals surface area contributed by atoms with Crippen LogP contribution in [0, 0.1) is 6.92 Å². The Morgan fingerprint density at radius 2 is 1.73 bits per heavy atom. The molecule has 2 atom stereocenters. The number of benzene rings is 2. The summed E-state index contributed by atoms with van der Waals surface area (Å²) in [6, 6.07) is 14.6. The number of nitrogens with zero attached hydrogens (tertiary/aromatic N) is 2. The first-order chi connectivity index (χ1) is 12.6. The van der Waals surface area contributed by atoms with Gasteiger partial charge in [0, 0.05) is 12.1 Å². The van der Waals surface area contributed by atoms with E-state index in [4.69, 9.17) is 0 Å². The van der Waals surface area contributed by atoms with E-state index < -0.39 is 12.1 Å². The molecule has 2 aliphatic rings. The van der Waals surface area contributed by atoms with Crippen molar-refractivity contribution in [2.45, 2.75) is 25.4 Å². The number of rotatable bonds is 2. The van der Waals surface area contributed by atoms with Gasteiger partial charge in [0.2, 0.25) is 0 Å². The zero-order chi connectivity index (χ0) is 18.3. The maximum atomic E-state index is 13.1. The van der Waals surface area contributed by atoms with E-state index in [1.807, 2.05) is 25.1 Å². The van der Waals surface area contributed by atoms with E-state index in [-0.39, 0.29) is 17.9 Å². The molecule has 26 heavy (non-hydrogen) atoms. The highest BCUT2D eigenvalue weighted by atomic mass is 16.2. The molecule has 2 aliphatic heterocycles. The van der Waals surface area contributed by atoms with Gasteiger partial charge in [0.1, 0.15) is 6.04 Å². The molecule has 4 rings (SSSR count). The van der Waals surface area contributed by atoms with Crippen LogP contribution in [0.4, 0.5) is 10.5 Å². The number of hydrogen-bond donors (Lipinski definition) is 1. The summed E-state index contributed by atoms with van der Waals surface area (Å²) in [6.07, 6.45) is 0.572. The van der Waals surface area contributed by atoms with Crippen molar-refractivity contribution in [1.82, 2.24) is 10.2 Å². The molecule has 0 spiro atoms. The molecule has 0 saturated carbocycles. The second-order valence-electron chi connectivity index (χ2n) is 6.66. The van der Waals surface area contributed by atoms with Crippen LogP contribution in [-0.2, 0) is 4.79 Å². The number of urea groups is 1. The molecule has 0 unspecified atom stereocenters. The summed E-state index contributed by atoms with van der Waals surface area (Å²) in [5.41, 5.74) is 2.09. The standard InChI is InChI=1S/C20H19N3O3/c1-13-7-9-15(10-8-13)23-19(25)17-16(21-20(23)26)11-12-22(17)18(24)14-5-3-2-4-6-14/h2-10,16-17H,11-12H2,1H3,(H,21,26)/t16-,17+/m1/s1. The lowest BCUT2D eigenvalue weighted by Gasteiger charge is -2.36. The van der Waals surface area contributed by atoms with E-state index in [0.717, 1.165) is 10.5 Å². The lowest BCUT2D eigenvalue weighted by Crippen LogP contribution is -2.65. The number of fused-ring (bicyclic) bond motifs is 1. The van der Waals surface area contributed by atoms with Crippen LogP contribution >= 0.6 is 0 Å². The van der Waals surface area contributed by atoms with Crippen LogP contribution in [0.3, 0.4) is 0 Å². The molecule has 2 fully saturated rings. The Hall–Kier alpha value is -3.15.